The minimum absolute atomic E-state index is 0.0363. The van der Waals surface area contributed by atoms with Crippen molar-refractivity contribution in [1.29, 1.82) is 0 Å². The molecule has 2 heterocycles. The lowest BCUT2D eigenvalue weighted by atomic mass is 9.95. The second kappa shape index (κ2) is 14.2. The van der Waals surface area contributed by atoms with E-state index in [-0.39, 0.29) is 11.3 Å². The molecule has 1 amide bonds. The highest BCUT2D eigenvalue weighted by atomic mass is 16.5. The van der Waals surface area contributed by atoms with Crippen LogP contribution in [0.1, 0.15) is 36.1 Å². The van der Waals surface area contributed by atoms with Crippen molar-refractivity contribution >= 4 is 17.4 Å². The predicted octanol–water partition coefficient (Wildman–Crippen LogP) is 4.82. The summed E-state index contributed by atoms with van der Waals surface area (Å²) in [4.78, 5) is 30.8. The highest BCUT2D eigenvalue weighted by molar-refractivity contribution is 6.46. The maximum atomic E-state index is 13.5. The molecule has 9 heteroatoms. The zero-order chi connectivity index (χ0) is 30.2. The molecular formula is C34H38N2O7. The summed E-state index contributed by atoms with van der Waals surface area (Å²) in [7, 11) is 1.55. The number of ether oxygens (including phenoxy) is 4. The lowest BCUT2D eigenvalue weighted by Crippen LogP contribution is -2.42. The average molecular weight is 587 g/mol. The number of ketones is 1. The van der Waals surface area contributed by atoms with Crippen molar-refractivity contribution in [3.63, 3.8) is 0 Å². The first kappa shape index (κ1) is 30.1. The number of aliphatic hydroxyl groups excluding tert-OH is 1. The molecule has 1 N–H and O–H groups in total. The molecule has 2 fully saturated rings. The standard InChI is InChI=1S/C34H38N2O7/c1-3-19-42-27-12-9-25(10-13-27)32(37)30-31(36(34(39)33(30)38)16-15-35-17-20-41-21-18-35)26-11-14-28(29(22-26)40-2)43-23-24-7-5-4-6-8-24/h4-14,22,31,37H,3,15-21,23H2,1-2H3. The lowest BCUT2D eigenvalue weighted by Gasteiger charge is -2.31. The largest absolute Gasteiger partial charge is 0.507 e. The summed E-state index contributed by atoms with van der Waals surface area (Å²) < 4.78 is 22.9. The van der Waals surface area contributed by atoms with E-state index in [4.69, 9.17) is 18.9 Å². The van der Waals surface area contributed by atoms with Gasteiger partial charge >= 0.3 is 0 Å². The summed E-state index contributed by atoms with van der Waals surface area (Å²) in [5, 5.41) is 11.5. The van der Waals surface area contributed by atoms with Gasteiger partial charge in [0.05, 0.1) is 38.5 Å². The zero-order valence-electron chi connectivity index (χ0n) is 24.7. The van der Waals surface area contributed by atoms with Gasteiger partial charge in [0.2, 0.25) is 0 Å². The Hall–Kier alpha value is -4.34. The molecule has 0 spiro atoms. The molecule has 3 aromatic rings. The van der Waals surface area contributed by atoms with E-state index in [1.807, 2.05) is 43.3 Å². The molecule has 0 aromatic heterocycles. The second-order valence-electron chi connectivity index (χ2n) is 10.5. The minimum Gasteiger partial charge on any atom is -0.507 e. The summed E-state index contributed by atoms with van der Waals surface area (Å²) in [6.45, 7) is 6.60. The maximum Gasteiger partial charge on any atom is 0.295 e. The fraction of sp³-hybridized carbons (Fsp3) is 0.353. The van der Waals surface area contributed by atoms with Crippen LogP contribution in [0.25, 0.3) is 5.76 Å². The molecular weight excluding hydrogens is 548 g/mol. The van der Waals surface area contributed by atoms with Crippen molar-refractivity contribution in [1.82, 2.24) is 9.80 Å². The number of nitrogens with zero attached hydrogens (tertiary/aromatic N) is 2. The van der Waals surface area contributed by atoms with Crippen LogP contribution in [0.2, 0.25) is 0 Å². The van der Waals surface area contributed by atoms with Gasteiger partial charge in [-0.05, 0) is 53.9 Å². The first-order valence-electron chi connectivity index (χ1n) is 14.7. The van der Waals surface area contributed by atoms with E-state index in [1.165, 1.54) is 0 Å². The van der Waals surface area contributed by atoms with Gasteiger partial charge in [0.1, 0.15) is 18.1 Å². The quantitative estimate of drug-likeness (QED) is 0.183. The van der Waals surface area contributed by atoms with Crippen LogP contribution in [-0.4, -0.2) is 79.7 Å². The van der Waals surface area contributed by atoms with Crippen molar-refractivity contribution < 1.29 is 33.6 Å². The smallest absolute Gasteiger partial charge is 0.295 e. The minimum atomic E-state index is -0.811. The molecule has 2 saturated heterocycles. The zero-order valence-corrected chi connectivity index (χ0v) is 24.7. The van der Waals surface area contributed by atoms with Gasteiger partial charge in [-0.15, -0.1) is 0 Å². The molecule has 3 aromatic carbocycles. The molecule has 9 nitrogen and oxygen atoms in total. The number of benzene rings is 3. The van der Waals surface area contributed by atoms with E-state index in [1.54, 1.807) is 48.4 Å². The number of amides is 1. The fourth-order valence-corrected chi connectivity index (χ4v) is 5.32. The van der Waals surface area contributed by atoms with Gasteiger partial charge in [-0.2, -0.15) is 0 Å². The van der Waals surface area contributed by atoms with Crippen LogP contribution in [0, 0.1) is 0 Å². The number of hydrogen-bond acceptors (Lipinski definition) is 8. The predicted molar refractivity (Wildman–Crippen MR) is 162 cm³/mol. The first-order chi connectivity index (χ1) is 21.0. The Bertz CT molecular complexity index is 1430. The monoisotopic (exact) mass is 586 g/mol. The Labute approximate surface area is 252 Å². The number of carbonyl (C=O) groups excluding carboxylic acids is 2. The third kappa shape index (κ3) is 7.01. The summed E-state index contributed by atoms with van der Waals surface area (Å²) in [6.07, 6.45) is 0.870. The molecule has 1 atom stereocenters. The Balaban J connectivity index is 1.49. The van der Waals surface area contributed by atoms with Crippen LogP contribution in [0.4, 0.5) is 0 Å². The van der Waals surface area contributed by atoms with Crippen LogP contribution < -0.4 is 14.2 Å². The van der Waals surface area contributed by atoms with Crippen molar-refractivity contribution in [3.8, 4) is 17.2 Å². The SMILES string of the molecule is CCCOc1ccc(C(O)=C2C(=O)C(=O)N(CCN3CCOCC3)C2c2ccc(OCc3ccccc3)c(OC)c2)cc1. The molecule has 226 valence electrons. The van der Waals surface area contributed by atoms with Gasteiger partial charge < -0.3 is 29.0 Å². The molecule has 43 heavy (non-hydrogen) atoms. The van der Waals surface area contributed by atoms with Crippen LogP contribution in [-0.2, 0) is 20.9 Å². The number of Topliss-reactive ketones (excluding diaryl/α,β-unsaturated/α-hetero) is 1. The number of likely N-dealkylation sites (tertiary alicyclic amines) is 1. The Kier molecular flexibility index (Phi) is 9.96. The van der Waals surface area contributed by atoms with Crippen LogP contribution in [0.15, 0.2) is 78.4 Å². The second-order valence-corrected chi connectivity index (χ2v) is 10.5. The van der Waals surface area contributed by atoms with Gasteiger partial charge in [-0.25, -0.2) is 0 Å². The van der Waals surface area contributed by atoms with E-state index >= 15 is 0 Å². The number of methoxy groups -OCH3 is 1. The highest BCUT2D eigenvalue weighted by Gasteiger charge is 2.46. The van der Waals surface area contributed by atoms with E-state index in [2.05, 4.69) is 4.90 Å². The van der Waals surface area contributed by atoms with E-state index < -0.39 is 17.7 Å². The van der Waals surface area contributed by atoms with Gasteiger partial charge in [-0.1, -0.05) is 43.3 Å². The number of rotatable bonds is 12. The van der Waals surface area contributed by atoms with E-state index in [9.17, 15) is 14.7 Å². The number of morpholine rings is 1. The fourth-order valence-electron chi connectivity index (χ4n) is 5.32. The molecule has 5 rings (SSSR count). The van der Waals surface area contributed by atoms with Gasteiger partial charge in [0.15, 0.2) is 11.5 Å². The van der Waals surface area contributed by atoms with Crippen molar-refractivity contribution in [2.45, 2.75) is 26.0 Å². The van der Waals surface area contributed by atoms with Crippen LogP contribution >= 0.6 is 0 Å². The van der Waals surface area contributed by atoms with Gasteiger partial charge in [0, 0.05) is 31.7 Å². The molecule has 1 unspecified atom stereocenters. The Morgan fingerprint density at radius 3 is 2.37 bits per heavy atom. The maximum absolute atomic E-state index is 13.5. The van der Waals surface area contributed by atoms with Gasteiger partial charge in [0.25, 0.3) is 11.7 Å². The lowest BCUT2D eigenvalue weighted by molar-refractivity contribution is -0.140. The average Bonchev–Trinajstić information content (AvgIpc) is 3.31. The number of carbonyl (C=O) groups is 2. The van der Waals surface area contributed by atoms with Crippen molar-refractivity contribution in [2.75, 3.05) is 53.1 Å². The Morgan fingerprint density at radius 1 is 0.930 bits per heavy atom. The van der Waals surface area contributed by atoms with E-state index in [0.717, 1.165) is 25.1 Å². The van der Waals surface area contributed by atoms with E-state index in [0.29, 0.717) is 67.9 Å². The normalized spacial score (nSPS) is 18.6. The number of hydrogen-bond donors (Lipinski definition) is 1. The number of aliphatic hydroxyl groups is 1. The van der Waals surface area contributed by atoms with Crippen LogP contribution in [0.5, 0.6) is 17.2 Å². The van der Waals surface area contributed by atoms with Gasteiger partial charge in [-0.3, -0.25) is 14.5 Å². The third-order valence-corrected chi connectivity index (χ3v) is 7.64. The summed E-state index contributed by atoms with van der Waals surface area (Å²) in [5.41, 5.74) is 2.11. The molecule has 0 radical (unpaired) electrons. The van der Waals surface area contributed by atoms with Crippen molar-refractivity contribution in [2.24, 2.45) is 0 Å². The van der Waals surface area contributed by atoms with Crippen molar-refractivity contribution in [3.05, 3.63) is 95.1 Å². The molecule has 0 bridgehead atoms. The van der Waals surface area contributed by atoms with Crippen LogP contribution in [0.3, 0.4) is 0 Å². The topological polar surface area (TPSA) is 97.8 Å². The summed E-state index contributed by atoms with van der Waals surface area (Å²) in [6, 6.07) is 21.2. The molecule has 0 aliphatic carbocycles. The highest BCUT2D eigenvalue weighted by Crippen LogP contribution is 2.42. The molecule has 0 saturated carbocycles. The summed E-state index contributed by atoms with van der Waals surface area (Å²) >= 11 is 0. The first-order valence-corrected chi connectivity index (χ1v) is 14.7. The molecule has 2 aliphatic heterocycles. The third-order valence-electron chi connectivity index (χ3n) is 7.64. The molecule has 2 aliphatic rings. The summed E-state index contributed by atoms with van der Waals surface area (Å²) in [5.74, 6) is 0.0530. The Morgan fingerprint density at radius 2 is 1.67 bits per heavy atom.